The third-order valence-corrected chi connectivity index (χ3v) is 15.1. The summed E-state index contributed by atoms with van der Waals surface area (Å²) in [5.41, 5.74) is 0.446. The Labute approximate surface area is 117 Å². The Bertz CT molecular complexity index is 441. The maximum absolute atomic E-state index is 12.0. The summed E-state index contributed by atoms with van der Waals surface area (Å²) < 4.78 is 12.8. The molecule has 1 heterocycles. The molecule has 6 heteroatoms. The molecule has 0 atom stereocenters. The Hall–Kier alpha value is 0.277. The van der Waals surface area contributed by atoms with Gasteiger partial charge in [-0.25, -0.2) is 0 Å². The Balaban J connectivity index is 3.39. The third kappa shape index (κ3) is 3.65. The molecule has 0 saturated heterocycles. The molecule has 1 aromatic heterocycles. The number of nitrogens with zero attached hydrogens (tertiary/aromatic N) is 1. The molecule has 1 rings (SSSR count). The van der Waals surface area contributed by atoms with Crippen molar-refractivity contribution in [2.45, 2.75) is 36.6 Å². The SMILES string of the molecule is CCOC(=O)c1no[c]([Sn]([CH3])([CH3])[CH3])[c]1[Sn]([CH3])([CH3])[CH3]. The molecule has 0 aliphatic carbocycles. The van der Waals surface area contributed by atoms with E-state index in [1.807, 2.05) is 6.92 Å². The Kier molecular flexibility index (Phi) is 5.19. The minimum absolute atomic E-state index is 0.329. The zero-order chi connectivity index (χ0) is 14.1. The van der Waals surface area contributed by atoms with Crippen LogP contribution in [-0.4, -0.2) is 54.5 Å². The third-order valence-electron chi connectivity index (χ3n) is 2.59. The van der Waals surface area contributed by atoms with Gasteiger partial charge in [0.05, 0.1) is 0 Å². The predicted octanol–water partition coefficient (Wildman–Crippen LogP) is 1.94. The number of rotatable bonds is 4. The van der Waals surface area contributed by atoms with E-state index < -0.39 is 36.8 Å². The first-order valence-electron chi connectivity index (χ1n) is 6.26. The van der Waals surface area contributed by atoms with Crippen LogP contribution in [-0.2, 0) is 4.74 Å². The van der Waals surface area contributed by atoms with Crippen LogP contribution in [0.1, 0.15) is 17.4 Å². The number of esters is 1. The van der Waals surface area contributed by atoms with Gasteiger partial charge in [0.15, 0.2) is 0 Å². The minimum atomic E-state index is -2.45. The molecule has 0 aliphatic heterocycles. The van der Waals surface area contributed by atoms with Crippen molar-refractivity contribution in [1.29, 1.82) is 0 Å². The molecule has 0 N–H and O–H groups in total. The first-order chi connectivity index (χ1) is 8.09. The molecule has 0 unspecified atom stereocenters. The van der Waals surface area contributed by atoms with Crippen LogP contribution in [0.4, 0.5) is 0 Å². The fourth-order valence-electron chi connectivity index (χ4n) is 1.84. The quantitative estimate of drug-likeness (QED) is 0.503. The van der Waals surface area contributed by atoms with E-state index in [0.29, 0.717) is 12.3 Å². The van der Waals surface area contributed by atoms with E-state index in [4.69, 9.17) is 9.26 Å². The Morgan fingerprint density at radius 2 is 1.72 bits per heavy atom. The van der Waals surface area contributed by atoms with E-state index in [-0.39, 0.29) is 5.97 Å². The standard InChI is InChI=1S/C6H5NO3.6CH3.2Sn/c1-2-9-6(8)5-3-4-10-7-5;;;;;;;;/h2H2,1H3;6*1H3;;. The molecule has 0 fully saturated rings. The van der Waals surface area contributed by atoms with E-state index in [9.17, 15) is 4.79 Å². The van der Waals surface area contributed by atoms with Gasteiger partial charge in [0.25, 0.3) is 0 Å². The number of hydrogen-bond donors (Lipinski definition) is 0. The van der Waals surface area contributed by atoms with E-state index in [1.165, 1.54) is 0 Å². The molecule has 0 saturated carbocycles. The topological polar surface area (TPSA) is 52.3 Å². The van der Waals surface area contributed by atoms with E-state index in [0.717, 1.165) is 7.36 Å². The monoisotopic (exact) mass is 469 g/mol. The number of aromatic nitrogens is 1. The molecule has 0 radical (unpaired) electrons. The van der Waals surface area contributed by atoms with Crippen LogP contribution in [0.25, 0.3) is 0 Å². The number of carbonyl (C=O) groups excluding carboxylic acids is 1. The fourth-order valence-corrected chi connectivity index (χ4v) is 24.1. The van der Waals surface area contributed by atoms with Crippen molar-refractivity contribution in [3.05, 3.63) is 5.69 Å². The molecule has 0 aromatic carbocycles. The predicted molar refractivity (Wildman–Crippen MR) is 78.4 cm³/mol. The van der Waals surface area contributed by atoms with Crippen molar-refractivity contribution in [2.24, 2.45) is 0 Å². The summed E-state index contributed by atoms with van der Waals surface area (Å²) in [6, 6.07) is 0. The van der Waals surface area contributed by atoms with Crippen molar-refractivity contribution in [2.75, 3.05) is 6.61 Å². The van der Waals surface area contributed by atoms with Gasteiger partial charge in [-0.2, -0.15) is 0 Å². The van der Waals surface area contributed by atoms with Crippen LogP contribution < -0.4 is 7.36 Å². The summed E-state index contributed by atoms with van der Waals surface area (Å²) in [7, 11) is 0. The Morgan fingerprint density at radius 1 is 1.17 bits per heavy atom. The zero-order valence-electron chi connectivity index (χ0n) is 12.4. The van der Waals surface area contributed by atoms with Gasteiger partial charge in [-0.3, -0.25) is 0 Å². The molecule has 4 nitrogen and oxygen atoms in total. The van der Waals surface area contributed by atoms with Crippen molar-refractivity contribution in [3.8, 4) is 0 Å². The molecule has 1 aromatic rings. The van der Waals surface area contributed by atoms with Crippen LogP contribution in [0.15, 0.2) is 4.52 Å². The van der Waals surface area contributed by atoms with Gasteiger partial charge in [-0.15, -0.1) is 0 Å². The van der Waals surface area contributed by atoms with E-state index in [1.54, 1.807) is 0 Å². The normalized spacial score (nSPS) is 12.6. The van der Waals surface area contributed by atoms with Gasteiger partial charge in [0, 0.05) is 0 Å². The first-order valence-corrected chi connectivity index (χ1v) is 26.2. The van der Waals surface area contributed by atoms with Gasteiger partial charge < -0.3 is 0 Å². The average Bonchev–Trinajstić information content (AvgIpc) is 2.60. The Morgan fingerprint density at radius 3 is 2.11 bits per heavy atom. The molecule has 18 heavy (non-hydrogen) atoms. The molecule has 0 amide bonds. The summed E-state index contributed by atoms with van der Waals surface area (Å²) in [4.78, 5) is 25.7. The second kappa shape index (κ2) is 5.72. The number of hydrogen-bond acceptors (Lipinski definition) is 4. The summed E-state index contributed by atoms with van der Waals surface area (Å²) in [5, 5.41) is 4.02. The molecular formula is C12H23NO3Sn2. The summed E-state index contributed by atoms with van der Waals surface area (Å²) in [6.45, 7) is 2.18. The second-order valence-corrected chi connectivity index (χ2v) is 34.9. The summed E-state index contributed by atoms with van der Waals surface area (Å²) >= 11 is -4.83. The number of carbonyl (C=O) groups is 1. The number of ether oxygens (including phenoxy) is 1. The van der Waals surface area contributed by atoms with Gasteiger partial charge >= 0.3 is 118 Å². The van der Waals surface area contributed by atoms with Crippen LogP contribution >= 0.6 is 0 Å². The summed E-state index contributed by atoms with van der Waals surface area (Å²) in [6.07, 6.45) is 0. The zero-order valence-corrected chi connectivity index (χ0v) is 18.1. The average molecular weight is 467 g/mol. The summed E-state index contributed by atoms with van der Waals surface area (Å²) in [5.74, 6) is -0.329. The van der Waals surface area contributed by atoms with Crippen LogP contribution in [0.3, 0.4) is 0 Å². The molecule has 102 valence electrons. The second-order valence-electron chi connectivity index (χ2n) is 6.46. The van der Waals surface area contributed by atoms with E-state index in [2.05, 4.69) is 34.8 Å². The van der Waals surface area contributed by atoms with Crippen LogP contribution in [0, 0.1) is 0 Å². The maximum atomic E-state index is 12.0. The van der Waals surface area contributed by atoms with Gasteiger partial charge in [0.2, 0.25) is 0 Å². The van der Waals surface area contributed by atoms with E-state index >= 15 is 0 Å². The van der Waals surface area contributed by atoms with Crippen LogP contribution in [0.2, 0.25) is 29.6 Å². The van der Waals surface area contributed by atoms with Gasteiger partial charge in [0.1, 0.15) is 0 Å². The molecule has 0 spiro atoms. The first kappa shape index (κ1) is 16.3. The molecular weight excluding hydrogens is 444 g/mol. The fraction of sp³-hybridized carbons (Fsp3) is 0.667. The molecule has 0 aliphatic rings. The van der Waals surface area contributed by atoms with Crippen LogP contribution in [0.5, 0.6) is 0 Å². The van der Waals surface area contributed by atoms with Crippen molar-refractivity contribution in [1.82, 2.24) is 5.16 Å². The van der Waals surface area contributed by atoms with Gasteiger partial charge in [-0.1, -0.05) is 0 Å². The van der Waals surface area contributed by atoms with Crippen molar-refractivity contribution in [3.63, 3.8) is 0 Å². The van der Waals surface area contributed by atoms with Crippen molar-refractivity contribution >= 4 is 50.1 Å². The van der Waals surface area contributed by atoms with Gasteiger partial charge in [-0.05, 0) is 0 Å². The molecule has 0 bridgehead atoms. The van der Waals surface area contributed by atoms with Crippen molar-refractivity contribution < 1.29 is 14.1 Å².